The minimum atomic E-state index is -1.21. The number of rotatable bonds is 8. The van der Waals surface area contributed by atoms with Gasteiger partial charge in [0.15, 0.2) is 0 Å². The SMILES string of the molecule is CC(Cn1ccnc1)NC(=O)N[C@H](CCC(N)=O)C(=O)O. The number of aliphatic carboxylic acids is 1. The van der Waals surface area contributed by atoms with E-state index < -0.39 is 23.9 Å². The zero-order valence-corrected chi connectivity index (χ0v) is 11.7. The Labute approximate surface area is 121 Å². The van der Waals surface area contributed by atoms with Gasteiger partial charge in [-0.15, -0.1) is 0 Å². The minimum Gasteiger partial charge on any atom is -0.480 e. The fourth-order valence-electron chi connectivity index (χ4n) is 1.72. The molecule has 9 nitrogen and oxygen atoms in total. The van der Waals surface area contributed by atoms with Crippen molar-refractivity contribution in [1.82, 2.24) is 20.2 Å². The lowest BCUT2D eigenvalue weighted by molar-refractivity contribution is -0.139. The van der Waals surface area contributed by atoms with Crippen molar-refractivity contribution in [1.29, 1.82) is 0 Å². The van der Waals surface area contributed by atoms with E-state index >= 15 is 0 Å². The van der Waals surface area contributed by atoms with Crippen molar-refractivity contribution in [3.05, 3.63) is 18.7 Å². The van der Waals surface area contributed by atoms with Crippen LogP contribution in [-0.4, -0.2) is 44.6 Å². The predicted molar refractivity (Wildman–Crippen MR) is 73.2 cm³/mol. The van der Waals surface area contributed by atoms with Crippen LogP contribution in [0.5, 0.6) is 0 Å². The molecule has 0 aliphatic heterocycles. The van der Waals surface area contributed by atoms with Crippen LogP contribution in [0, 0.1) is 0 Å². The van der Waals surface area contributed by atoms with Gasteiger partial charge in [-0.25, -0.2) is 14.6 Å². The summed E-state index contributed by atoms with van der Waals surface area (Å²) in [5, 5.41) is 13.9. The molecule has 116 valence electrons. The minimum absolute atomic E-state index is 0.0476. The molecule has 21 heavy (non-hydrogen) atoms. The molecule has 2 atom stereocenters. The monoisotopic (exact) mass is 297 g/mol. The maximum atomic E-state index is 11.7. The van der Waals surface area contributed by atoms with Crippen molar-refractivity contribution in [2.24, 2.45) is 5.73 Å². The third-order valence-electron chi connectivity index (χ3n) is 2.70. The van der Waals surface area contributed by atoms with Gasteiger partial charge in [0.1, 0.15) is 6.04 Å². The lowest BCUT2D eigenvalue weighted by Crippen LogP contribution is -2.49. The second kappa shape index (κ2) is 7.88. The van der Waals surface area contributed by atoms with E-state index in [0.29, 0.717) is 6.54 Å². The highest BCUT2D eigenvalue weighted by molar-refractivity contribution is 5.83. The van der Waals surface area contributed by atoms with E-state index in [-0.39, 0.29) is 18.9 Å². The maximum Gasteiger partial charge on any atom is 0.326 e. The van der Waals surface area contributed by atoms with E-state index in [9.17, 15) is 14.4 Å². The number of hydrogen-bond donors (Lipinski definition) is 4. The highest BCUT2D eigenvalue weighted by Gasteiger charge is 2.21. The number of amides is 3. The van der Waals surface area contributed by atoms with Gasteiger partial charge in [0.25, 0.3) is 0 Å². The van der Waals surface area contributed by atoms with Crippen LogP contribution in [0.15, 0.2) is 18.7 Å². The van der Waals surface area contributed by atoms with Crippen LogP contribution in [0.4, 0.5) is 4.79 Å². The molecule has 1 heterocycles. The number of imidazole rings is 1. The zero-order valence-electron chi connectivity index (χ0n) is 11.7. The van der Waals surface area contributed by atoms with Gasteiger partial charge in [-0.1, -0.05) is 0 Å². The first-order chi connectivity index (χ1) is 9.88. The number of carbonyl (C=O) groups excluding carboxylic acids is 2. The molecule has 0 aliphatic carbocycles. The standard InChI is InChI=1S/C12H19N5O4/c1-8(6-17-5-4-14-7-17)15-12(21)16-9(11(19)20)2-3-10(13)18/h4-5,7-9H,2-3,6H2,1H3,(H2,13,18)(H,19,20)(H2,15,16,21)/t8?,9-/m1/s1. The smallest absolute Gasteiger partial charge is 0.326 e. The zero-order chi connectivity index (χ0) is 15.8. The van der Waals surface area contributed by atoms with Crippen molar-refractivity contribution in [2.75, 3.05) is 0 Å². The van der Waals surface area contributed by atoms with Crippen molar-refractivity contribution >= 4 is 17.9 Å². The van der Waals surface area contributed by atoms with Gasteiger partial charge >= 0.3 is 12.0 Å². The third kappa shape index (κ3) is 6.41. The molecule has 5 N–H and O–H groups in total. The first-order valence-electron chi connectivity index (χ1n) is 6.42. The Bertz CT molecular complexity index is 488. The first-order valence-corrected chi connectivity index (χ1v) is 6.42. The lowest BCUT2D eigenvalue weighted by atomic mass is 10.1. The maximum absolute atomic E-state index is 11.7. The summed E-state index contributed by atoms with van der Waals surface area (Å²) in [5.41, 5.74) is 4.96. The average molecular weight is 297 g/mol. The molecule has 0 bridgehead atoms. The van der Waals surface area contributed by atoms with Gasteiger partial charge in [-0.3, -0.25) is 4.79 Å². The number of hydrogen-bond acceptors (Lipinski definition) is 4. The number of carbonyl (C=O) groups is 3. The van der Waals surface area contributed by atoms with E-state index in [0.717, 1.165) is 0 Å². The molecule has 0 radical (unpaired) electrons. The van der Waals surface area contributed by atoms with Crippen LogP contribution in [0.25, 0.3) is 0 Å². The van der Waals surface area contributed by atoms with Gasteiger partial charge in [0.05, 0.1) is 6.33 Å². The molecule has 1 aromatic rings. The summed E-state index contributed by atoms with van der Waals surface area (Å²) in [4.78, 5) is 37.2. The molecule has 0 spiro atoms. The summed E-state index contributed by atoms with van der Waals surface area (Å²) < 4.78 is 1.78. The predicted octanol–water partition coefficient (Wildman–Crippen LogP) is -0.710. The van der Waals surface area contributed by atoms with Crippen LogP contribution in [0.3, 0.4) is 0 Å². The van der Waals surface area contributed by atoms with E-state index in [4.69, 9.17) is 10.8 Å². The van der Waals surface area contributed by atoms with E-state index in [1.165, 1.54) is 0 Å². The second-order valence-corrected chi connectivity index (χ2v) is 4.67. The Morgan fingerprint density at radius 1 is 1.38 bits per heavy atom. The molecular formula is C12H19N5O4. The van der Waals surface area contributed by atoms with E-state index in [1.54, 1.807) is 30.2 Å². The Kier molecular flexibility index (Phi) is 6.18. The summed E-state index contributed by atoms with van der Waals surface area (Å²) in [5.74, 6) is -1.83. The molecule has 0 saturated carbocycles. The number of nitrogens with zero attached hydrogens (tertiary/aromatic N) is 2. The number of nitrogens with one attached hydrogen (secondary N) is 2. The van der Waals surface area contributed by atoms with Gasteiger partial charge in [-0.05, 0) is 13.3 Å². The molecule has 9 heteroatoms. The van der Waals surface area contributed by atoms with Crippen LogP contribution < -0.4 is 16.4 Å². The molecule has 0 aromatic carbocycles. The van der Waals surface area contributed by atoms with Crippen LogP contribution in [-0.2, 0) is 16.1 Å². The van der Waals surface area contributed by atoms with Crippen molar-refractivity contribution in [3.63, 3.8) is 0 Å². The highest BCUT2D eigenvalue weighted by atomic mass is 16.4. The van der Waals surface area contributed by atoms with Crippen molar-refractivity contribution in [3.8, 4) is 0 Å². The summed E-state index contributed by atoms with van der Waals surface area (Å²) in [6.07, 6.45) is 4.83. The number of aromatic nitrogens is 2. The summed E-state index contributed by atoms with van der Waals surface area (Å²) in [6.45, 7) is 2.28. The van der Waals surface area contributed by atoms with Crippen LogP contribution >= 0.6 is 0 Å². The fraction of sp³-hybridized carbons (Fsp3) is 0.500. The Balaban J connectivity index is 2.42. The summed E-state index contributed by atoms with van der Waals surface area (Å²) >= 11 is 0. The topological polar surface area (TPSA) is 139 Å². The number of carboxylic acids is 1. The Hall–Kier alpha value is -2.58. The first kappa shape index (κ1) is 16.5. The van der Waals surface area contributed by atoms with Gasteiger partial charge in [0, 0.05) is 31.4 Å². The Morgan fingerprint density at radius 2 is 2.10 bits per heavy atom. The highest BCUT2D eigenvalue weighted by Crippen LogP contribution is 1.98. The number of carboxylic acid groups (broad SMARTS) is 1. The number of nitrogens with two attached hydrogens (primary N) is 1. The molecule has 1 rings (SSSR count). The largest absolute Gasteiger partial charge is 0.480 e. The summed E-state index contributed by atoms with van der Waals surface area (Å²) in [6, 6.07) is -1.98. The lowest BCUT2D eigenvalue weighted by Gasteiger charge is -2.18. The number of urea groups is 1. The van der Waals surface area contributed by atoms with Crippen molar-refractivity contribution < 1.29 is 19.5 Å². The van der Waals surface area contributed by atoms with Gasteiger partial charge < -0.3 is 26.0 Å². The molecule has 1 aromatic heterocycles. The quantitative estimate of drug-likeness (QED) is 0.502. The van der Waals surface area contributed by atoms with Crippen molar-refractivity contribution in [2.45, 2.75) is 38.4 Å². The van der Waals surface area contributed by atoms with E-state index in [2.05, 4.69) is 15.6 Å². The molecule has 0 fully saturated rings. The normalized spacial score (nSPS) is 13.2. The van der Waals surface area contributed by atoms with Crippen LogP contribution in [0.1, 0.15) is 19.8 Å². The molecular weight excluding hydrogens is 278 g/mol. The molecule has 3 amide bonds. The van der Waals surface area contributed by atoms with Gasteiger partial charge in [0.2, 0.25) is 5.91 Å². The molecule has 0 aliphatic rings. The fourth-order valence-corrected chi connectivity index (χ4v) is 1.72. The summed E-state index contributed by atoms with van der Waals surface area (Å²) in [7, 11) is 0. The third-order valence-corrected chi connectivity index (χ3v) is 2.70. The second-order valence-electron chi connectivity index (χ2n) is 4.67. The Morgan fingerprint density at radius 3 is 2.62 bits per heavy atom. The number of primary amides is 1. The molecule has 1 unspecified atom stereocenters. The van der Waals surface area contributed by atoms with E-state index in [1.807, 2.05) is 0 Å². The molecule has 0 saturated heterocycles. The van der Waals surface area contributed by atoms with Crippen LogP contribution in [0.2, 0.25) is 0 Å². The average Bonchev–Trinajstić information content (AvgIpc) is 2.86. The van der Waals surface area contributed by atoms with Gasteiger partial charge in [-0.2, -0.15) is 0 Å².